The first-order valence-corrected chi connectivity index (χ1v) is 5.55. The second kappa shape index (κ2) is 5.88. The lowest BCUT2D eigenvalue weighted by Gasteiger charge is -2.07. The van der Waals surface area contributed by atoms with Gasteiger partial charge in [-0.3, -0.25) is 4.79 Å². The van der Waals surface area contributed by atoms with Crippen LogP contribution in [0.3, 0.4) is 0 Å². The van der Waals surface area contributed by atoms with E-state index in [1.165, 1.54) is 11.1 Å². The van der Waals surface area contributed by atoms with Crippen LogP contribution in [-0.4, -0.2) is 24.2 Å². The molecule has 0 saturated heterocycles. The zero-order valence-electron chi connectivity index (χ0n) is 8.59. The Balaban J connectivity index is 2.50. The molecule has 0 unspecified atom stereocenters. The minimum atomic E-state index is -0.447. The summed E-state index contributed by atoms with van der Waals surface area (Å²) in [6.07, 6.45) is 0.775. The first-order valence-electron chi connectivity index (χ1n) is 4.76. The Morgan fingerprint density at radius 3 is 2.93 bits per heavy atom. The number of aliphatic hydroxyl groups excluding tert-OH is 1. The zero-order chi connectivity index (χ0) is 11.3. The molecule has 15 heavy (non-hydrogen) atoms. The van der Waals surface area contributed by atoms with E-state index in [2.05, 4.69) is 21.2 Å². The third-order valence-electron chi connectivity index (χ3n) is 2.17. The van der Waals surface area contributed by atoms with Gasteiger partial charge in [-0.2, -0.15) is 0 Å². The molecule has 2 N–H and O–H groups in total. The van der Waals surface area contributed by atoms with E-state index in [-0.39, 0.29) is 5.91 Å². The summed E-state index contributed by atoms with van der Waals surface area (Å²) in [6.45, 7) is 2.14. The highest BCUT2D eigenvalue weighted by Crippen LogP contribution is 2.16. The van der Waals surface area contributed by atoms with Crippen LogP contribution in [0.25, 0.3) is 0 Å². The molecule has 0 aliphatic heterocycles. The number of benzene rings is 1. The molecular weight excluding hydrogens is 258 g/mol. The van der Waals surface area contributed by atoms with E-state index in [0.29, 0.717) is 6.54 Å². The Kier molecular flexibility index (Phi) is 4.78. The number of aliphatic hydroxyl groups is 1. The maximum Gasteiger partial charge on any atom is 0.245 e. The van der Waals surface area contributed by atoms with Crippen LogP contribution in [0.4, 0.5) is 0 Å². The first-order chi connectivity index (χ1) is 7.13. The Hall–Kier alpha value is -0.870. The molecule has 0 aromatic heterocycles. The fraction of sp³-hybridized carbons (Fsp3) is 0.364. The number of carbonyl (C=O) groups is 1. The molecule has 0 radical (unpaired) electrons. The third kappa shape index (κ3) is 4.01. The van der Waals surface area contributed by atoms with Gasteiger partial charge in [0.15, 0.2) is 0 Å². The van der Waals surface area contributed by atoms with Crippen molar-refractivity contribution in [2.75, 3.05) is 13.2 Å². The molecule has 1 amide bonds. The molecule has 0 aliphatic carbocycles. The minimum absolute atomic E-state index is 0.331. The highest BCUT2D eigenvalue weighted by molar-refractivity contribution is 9.10. The van der Waals surface area contributed by atoms with Crippen molar-refractivity contribution in [2.24, 2.45) is 0 Å². The summed E-state index contributed by atoms with van der Waals surface area (Å²) in [5, 5.41) is 11.1. The molecule has 0 spiro atoms. The summed E-state index contributed by atoms with van der Waals surface area (Å²) in [7, 11) is 0. The van der Waals surface area contributed by atoms with E-state index in [4.69, 9.17) is 5.11 Å². The lowest BCUT2D eigenvalue weighted by molar-refractivity contribution is -0.123. The Labute approximate surface area is 97.6 Å². The summed E-state index contributed by atoms with van der Waals surface area (Å²) in [4.78, 5) is 10.8. The second-order valence-electron chi connectivity index (χ2n) is 3.33. The minimum Gasteiger partial charge on any atom is -0.387 e. The van der Waals surface area contributed by atoms with Gasteiger partial charge in [0, 0.05) is 11.0 Å². The third-order valence-corrected chi connectivity index (χ3v) is 2.66. The summed E-state index contributed by atoms with van der Waals surface area (Å²) in [6, 6.07) is 6.07. The summed E-state index contributed by atoms with van der Waals surface area (Å²) in [5.74, 6) is -0.331. The number of amides is 1. The molecule has 0 bridgehead atoms. The van der Waals surface area contributed by atoms with Crippen LogP contribution in [0.15, 0.2) is 22.7 Å². The molecule has 0 aliphatic rings. The van der Waals surface area contributed by atoms with Gasteiger partial charge in [0.25, 0.3) is 0 Å². The normalized spacial score (nSPS) is 10.1. The number of rotatable bonds is 4. The number of carbonyl (C=O) groups excluding carboxylic acids is 1. The van der Waals surface area contributed by atoms with Crippen molar-refractivity contribution in [3.8, 4) is 0 Å². The molecule has 1 rings (SSSR count). The van der Waals surface area contributed by atoms with Gasteiger partial charge >= 0.3 is 0 Å². The maximum absolute atomic E-state index is 10.8. The van der Waals surface area contributed by atoms with E-state index in [1.54, 1.807) is 0 Å². The molecule has 0 saturated carbocycles. The molecule has 82 valence electrons. The lowest BCUT2D eigenvalue weighted by Crippen LogP contribution is -2.28. The number of hydrogen-bond donors (Lipinski definition) is 2. The fourth-order valence-electron chi connectivity index (χ4n) is 1.30. The van der Waals surface area contributed by atoms with Crippen LogP contribution in [0.2, 0.25) is 0 Å². The summed E-state index contributed by atoms with van der Waals surface area (Å²) < 4.78 is 1.04. The van der Waals surface area contributed by atoms with Crippen LogP contribution in [0.1, 0.15) is 11.1 Å². The van der Waals surface area contributed by atoms with E-state index in [1.807, 2.05) is 25.1 Å². The van der Waals surface area contributed by atoms with Gasteiger partial charge in [-0.15, -0.1) is 0 Å². The van der Waals surface area contributed by atoms with E-state index in [0.717, 1.165) is 10.9 Å². The number of halogens is 1. The summed E-state index contributed by atoms with van der Waals surface area (Å²) >= 11 is 3.40. The van der Waals surface area contributed by atoms with Gasteiger partial charge in [-0.1, -0.05) is 22.0 Å². The number of aryl methyl sites for hydroxylation is 1. The molecular formula is C11H14BrNO2. The van der Waals surface area contributed by atoms with Gasteiger partial charge in [-0.25, -0.2) is 0 Å². The predicted molar refractivity (Wildman–Crippen MR) is 62.7 cm³/mol. The van der Waals surface area contributed by atoms with Crippen molar-refractivity contribution in [3.05, 3.63) is 33.8 Å². The standard InChI is InChI=1S/C11H14BrNO2/c1-8-2-3-10(12)6-9(8)4-5-13-11(15)7-14/h2-3,6,14H,4-5,7H2,1H3,(H,13,15). The fourth-order valence-corrected chi connectivity index (χ4v) is 1.71. The van der Waals surface area contributed by atoms with Crippen LogP contribution in [-0.2, 0) is 11.2 Å². The molecule has 1 aromatic carbocycles. The molecule has 4 heteroatoms. The van der Waals surface area contributed by atoms with Crippen LogP contribution >= 0.6 is 15.9 Å². The average Bonchev–Trinajstić information content (AvgIpc) is 2.23. The van der Waals surface area contributed by atoms with Crippen molar-refractivity contribution in [2.45, 2.75) is 13.3 Å². The van der Waals surface area contributed by atoms with E-state index >= 15 is 0 Å². The molecule has 0 atom stereocenters. The number of nitrogens with one attached hydrogen (secondary N) is 1. The van der Waals surface area contributed by atoms with Crippen LogP contribution in [0, 0.1) is 6.92 Å². The SMILES string of the molecule is Cc1ccc(Br)cc1CCNC(=O)CO. The quantitative estimate of drug-likeness (QED) is 0.870. The second-order valence-corrected chi connectivity index (χ2v) is 4.24. The predicted octanol–water partition coefficient (Wildman–Crippen LogP) is 1.41. The van der Waals surface area contributed by atoms with E-state index < -0.39 is 6.61 Å². The van der Waals surface area contributed by atoms with Crippen molar-refractivity contribution < 1.29 is 9.90 Å². The first kappa shape index (κ1) is 12.2. The van der Waals surface area contributed by atoms with Gasteiger partial charge in [0.05, 0.1) is 0 Å². The van der Waals surface area contributed by atoms with Crippen molar-refractivity contribution >= 4 is 21.8 Å². The van der Waals surface area contributed by atoms with Crippen molar-refractivity contribution in [1.29, 1.82) is 0 Å². The van der Waals surface area contributed by atoms with Crippen molar-refractivity contribution in [3.63, 3.8) is 0 Å². The monoisotopic (exact) mass is 271 g/mol. The van der Waals surface area contributed by atoms with Gasteiger partial charge in [-0.05, 0) is 36.6 Å². The van der Waals surface area contributed by atoms with Gasteiger partial charge in [0.1, 0.15) is 6.61 Å². The Morgan fingerprint density at radius 1 is 1.53 bits per heavy atom. The Morgan fingerprint density at radius 2 is 2.27 bits per heavy atom. The maximum atomic E-state index is 10.8. The number of hydrogen-bond acceptors (Lipinski definition) is 2. The molecule has 0 fully saturated rings. The van der Waals surface area contributed by atoms with Gasteiger partial charge in [0.2, 0.25) is 5.91 Å². The Bertz CT molecular complexity index is 352. The van der Waals surface area contributed by atoms with Gasteiger partial charge < -0.3 is 10.4 Å². The van der Waals surface area contributed by atoms with Crippen LogP contribution in [0.5, 0.6) is 0 Å². The summed E-state index contributed by atoms with van der Waals surface area (Å²) in [5.41, 5.74) is 2.40. The molecule has 3 nitrogen and oxygen atoms in total. The topological polar surface area (TPSA) is 49.3 Å². The van der Waals surface area contributed by atoms with Crippen molar-refractivity contribution in [1.82, 2.24) is 5.32 Å². The van der Waals surface area contributed by atoms with E-state index in [9.17, 15) is 4.79 Å². The zero-order valence-corrected chi connectivity index (χ0v) is 10.2. The average molecular weight is 272 g/mol. The molecule has 1 aromatic rings. The largest absolute Gasteiger partial charge is 0.387 e. The molecule has 0 heterocycles. The highest BCUT2D eigenvalue weighted by atomic mass is 79.9. The highest BCUT2D eigenvalue weighted by Gasteiger charge is 2.01. The van der Waals surface area contributed by atoms with Crippen LogP contribution < -0.4 is 5.32 Å². The lowest BCUT2D eigenvalue weighted by atomic mass is 10.1. The smallest absolute Gasteiger partial charge is 0.245 e.